The van der Waals surface area contributed by atoms with Crippen molar-refractivity contribution in [3.63, 3.8) is 0 Å². The lowest BCUT2D eigenvalue weighted by Crippen LogP contribution is -2.50. The highest BCUT2D eigenvalue weighted by Crippen LogP contribution is 2.52. The molecule has 0 unspecified atom stereocenters. The highest BCUT2D eigenvalue weighted by atomic mass is 19.4. The number of ether oxygens (including phenoxy) is 4. The Morgan fingerprint density at radius 2 is 1.40 bits per heavy atom. The number of carbonyl (C=O) groups is 2. The molecule has 3 rings (SSSR count). The van der Waals surface area contributed by atoms with E-state index in [-0.39, 0.29) is 54.0 Å². The van der Waals surface area contributed by atoms with E-state index < -0.39 is 58.7 Å². The Labute approximate surface area is 225 Å². The van der Waals surface area contributed by atoms with Crippen LogP contribution in [0, 0.1) is 0 Å². The quantitative estimate of drug-likeness (QED) is 0.350. The summed E-state index contributed by atoms with van der Waals surface area (Å²) in [5.41, 5.74) is -7.51. The van der Waals surface area contributed by atoms with Crippen LogP contribution in [-0.2, 0) is 32.2 Å². The van der Waals surface area contributed by atoms with Gasteiger partial charge in [0, 0.05) is 18.0 Å². The van der Waals surface area contributed by atoms with E-state index in [1.807, 2.05) is 0 Å². The minimum Gasteiger partial charge on any atom is -0.493 e. The molecule has 220 valence electrons. The Balaban J connectivity index is 2.41. The maximum atomic E-state index is 13.7. The second kappa shape index (κ2) is 11.1. The topological polar surface area (TPSA) is 94.5 Å². The van der Waals surface area contributed by atoms with E-state index >= 15 is 0 Å². The first-order chi connectivity index (χ1) is 18.5. The Morgan fingerprint density at radius 1 is 0.900 bits per heavy atom. The molecule has 14 heteroatoms. The number of methoxy groups -OCH3 is 3. The molecule has 0 radical (unpaired) electrons. The van der Waals surface area contributed by atoms with Crippen LogP contribution in [0.5, 0.6) is 11.5 Å². The van der Waals surface area contributed by atoms with E-state index in [2.05, 4.69) is 0 Å². The van der Waals surface area contributed by atoms with Crippen molar-refractivity contribution < 1.29 is 60.0 Å². The van der Waals surface area contributed by atoms with Crippen LogP contribution < -0.4 is 14.4 Å². The maximum absolute atomic E-state index is 13.7. The Morgan fingerprint density at radius 3 is 1.85 bits per heavy atom. The first kappa shape index (κ1) is 30.9. The van der Waals surface area contributed by atoms with E-state index in [0.29, 0.717) is 0 Å². The summed E-state index contributed by atoms with van der Waals surface area (Å²) >= 11 is 0. The average molecular weight is 579 g/mol. The van der Waals surface area contributed by atoms with E-state index in [1.165, 1.54) is 38.2 Å². The molecule has 0 saturated carbocycles. The van der Waals surface area contributed by atoms with Crippen LogP contribution in [0.15, 0.2) is 30.3 Å². The monoisotopic (exact) mass is 579 g/mol. The first-order valence-electron chi connectivity index (χ1n) is 11.9. The number of fused-ring (bicyclic) bond motifs is 1. The molecule has 1 N–H and O–H groups in total. The molecular formula is C26H27F6NO7. The minimum absolute atomic E-state index is 0.00927. The average Bonchev–Trinajstić information content (AvgIpc) is 2.89. The lowest BCUT2D eigenvalue weighted by molar-refractivity contribution is -0.168. The highest BCUT2D eigenvalue weighted by Gasteiger charge is 2.53. The van der Waals surface area contributed by atoms with Crippen LogP contribution in [-0.4, -0.2) is 51.1 Å². The lowest BCUT2D eigenvalue weighted by atomic mass is 9.71. The predicted octanol–water partition coefficient (Wildman–Crippen LogP) is 5.64. The lowest BCUT2D eigenvalue weighted by Gasteiger charge is -2.44. The molecule has 1 amide bonds. The molecule has 2 aromatic rings. The Kier molecular flexibility index (Phi) is 8.53. The maximum Gasteiger partial charge on any atom is 0.416 e. The first-order valence-corrected chi connectivity index (χ1v) is 11.9. The van der Waals surface area contributed by atoms with E-state index in [1.54, 1.807) is 6.92 Å². The van der Waals surface area contributed by atoms with Gasteiger partial charge in [-0.05, 0) is 55.7 Å². The predicted molar refractivity (Wildman–Crippen MR) is 128 cm³/mol. The molecule has 0 fully saturated rings. The van der Waals surface area contributed by atoms with Crippen molar-refractivity contribution in [2.24, 2.45) is 0 Å². The van der Waals surface area contributed by atoms with Crippen molar-refractivity contribution in [3.05, 3.63) is 52.6 Å². The molecular weight excluding hydrogens is 552 g/mol. The van der Waals surface area contributed by atoms with Crippen molar-refractivity contribution in [1.29, 1.82) is 0 Å². The third-order valence-corrected chi connectivity index (χ3v) is 6.68. The molecule has 1 heterocycles. The molecule has 3 atom stereocenters. The Hall–Kier alpha value is -3.68. The second-order valence-corrected chi connectivity index (χ2v) is 9.02. The number of hydrogen-bond acceptors (Lipinski definition) is 7. The van der Waals surface area contributed by atoms with Gasteiger partial charge < -0.3 is 24.1 Å². The third kappa shape index (κ3) is 5.49. The van der Waals surface area contributed by atoms with Crippen LogP contribution in [0.1, 0.15) is 48.4 Å². The number of rotatable bonds is 6. The van der Waals surface area contributed by atoms with Gasteiger partial charge in [-0.2, -0.15) is 26.3 Å². The summed E-state index contributed by atoms with van der Waals surface area (Å²) in [5, 5.41) is 11.9. The van der Waals surface area contributed by atoms with Gasteiger partial charge in [0.2, 0.25) is 0 Å². The molecule has 0 saturated heterocycles. The van der Waals surface area contributed by atoms with Crippen molar-refractivity contribution in [2.75, 3.05) is 32.8 Å². The number of amides is 1. The largest absolute Gasteiger partial charge is 0.493 e. The standard InChI is InChI=1S/C26H27F6NO7/c1-6-40-23(35)33-13(2)7-18(17-11-20(37-3)21(38-4)12-19(17)33)24(36,22(34)39-5)14-8-15(25(27,28)29)10-16(9-14)26(30,31)32/h8-13,18,36H,6-7H2,1-5H3/t13-,18-,24-/m0/s1. The van der Waals surface area contributed by atoms with Gasteiger partial charge in [-0.1, -0.05) is 0 Å². The minimum atomic E-state index is -5.25. The zero-order valence-electron chi connectivity index (χ0n) is 22.1. The second-order valence-electron chi connectivity index (χ2n) is 9.02. The van der Waals surface area contributed by atoms with Crippen LogP contribution >= 0.6 is 0 Å². The number of benzene rings is 2. The number of halogens is 6. The summed E-state index contributed by atoms with van der Waals surface area (Å²) in [5.74, 6) is -2.86. The third-order valence-electron chi connectivity index (χ3n) is 6.68. The number of alkyl halides is 6. The molecule has 0 spiro atoms. The number of esters is 1. The number of aliphatic hydroxyl groups is 1. The van der Waals surface area contributed by atoms with Crippen molar-refractivity contribution in [3.8, 4) is 11.5 Å². The molecule has 0 aromatic heterocycles. The van der Waals surface area contributed by atoms with E-state index in [4.69, 9.17) is 18.9 Å². The zero-order chi connectivity index (χ0) is 30.2. The highest BCUT2D eigenvalue weighted by molar-refractivity contribution is 5.92. The fraction of sp³-hybridized carbons (Fsp3) is 0.462. The van der Waals surface area contributed by atoms with Gasteiger partial charge in [0.25, 0.3) is 0 Å². The summed E-state index contributed by atoms with van der Waals surface area (Å²) in [6.45, 7) is 3.06. The molecule has 1 aliphatic heterocycles. The van der Waals surface area contributed by atoms with Crippen LogP contribution in [0.4, 0.5) is 36.8 Å². The van der Waals surface area contributed by atoms with Crippen molar-refractivity contribution in [1.82, 2.24) is 0 Å². The molecule has 2 aromatic carbocycles. The summed E-state index contributed by atoms with van der Waals surface area (Å²) in [6, 6.07) is 2.18. The van der Waals surface area contributed by atoms with Gasteiger partial charge in [-0.3, -0.25) is 4.90 Å². The summed E-state index contributed by atoms with van der Waals surface area (Å²) in [7, 11) is 3.40. The fourth-order valence-corrected chi connectivity index (χ4v) is 4.84. The fourth-order valence-electron chi connectivity index (χ4n) is 4.84. The number of anilines is 1. The smallest absolute Gasteiger partial charge is 0.416 e. The molecule has 0 bridgehead atoms. The van der Waals surface area contributed by atoms with Gasteiger partial charge in [-0.15, -0.1) is 0 Å². The molecule has 0 aliphatic carbocycles. The Bertz CT molecular complexity index is 1250. The van der Waals surface area contributed by atoms with Gasteiger partial charge in [0.1, 0.15) is 0 Å². The SMILES string of the molecule is CCOC(=O)N1c2cc(OC)c(OC)cc2[C@@H]([C@](O)(C(=O)OC)c2cc(C(F)(F)F)cc(C(F)(F)F)c2)C[C@@H]1C. The van der Waals surface area contributed by atoms with Crippen molar-refractivity contribution >= 4 is 17.7 Å². The summed E-state index contributed by atoms with van der Waals surface area (Å²) < 4.78 is 103. The summed E-state index contributed by atoms with van der Waals surface area (Å²) in [6.07, 6.45) is -11.6. The van der Waals surface area contributed by atoms with E-state index in [0.717, 1.165) is 7.11 Å². The van der Waals surface area contributed by atoms with Gasteiger partial charge in [-0.25, -0.2) is 9.59 Å². The molecule has 40 heavy (non-hydrogen) atoms. The van der Waals surface area contributed by atoms with Crippen molar-refractivity contribution in [2.45, 2.75) is 50.2 Å². The molecule has 1 aliphatic rings. The molecule has 8 nitrogen and oxygen atoms in total. The zero-order valence-corrected chi connectivity index (χ0v) is 22.1. The van der Waals surface area contributed by atoms with Gasteiger partial charge >= 0.3 is 24.4 Å². The number of nitrogens with zero attached hydrogens (tertiary/aromatic N) is 1. The van der Waals surface area contributed by atoms with Crippen LogP contribution in [0.25, 0.3) is 0 Å². The van der Waals surface area contributed by atoms with E-state index in [9.17, 15) is 41.0 Å². The van der Waals surface area contributed by atoms with Crippen LogP contribution in [0.3, 0.4) is 0 Å². The normalized spacial score (nSPS) is 18.9. The number of hydrogen-bond donors (Lipinski definition) is 1. The van der Waals surface area contributed by atoms with Crippen LogP contribution in [0.2, 0.25) is 0 Å². The van der Waals surface area contributed by atoms with Gasteiger partial charge in [0.05, 0.1) is 44.8 Å². The summed E-state index contributed by atoms with van der Waals surface area (Å²) in [4.78, 5) is 27.2. The number of carbonyl (C=O) groups excluding carboxylic acids is 2. The van der Waals surface area contributed by atoms with Gasteiger partial charge in [0.15, 0.2) is 17.1 Å².